The van der Waals surface area contributed by atoms with Crippen LogP contribution in [0, 0.1) is 0 Å². The van der Waals surface area contributed by atoms with Crippen LogP contribution in [0.15, 0.2) is 37.9 Å². The molecule has 18 heavy (non-hydrogen) atoms. The van der Waals surface area contributed by atoms with Crippen molar-refractivity contribution in [1.29, 1.82) is 0 Å². The molecule has 96 valence electrons. The van der Waals surface area contributed by atoms with Crippen LogP contribution in [0.25, 0.3) is 0 Å². The molecular weight excluding hydrogens is 397 g/mol. The molecule has 0 fully saturated rings. The fraction of sp³-hybridized carbons (Fsp3) is 0.231. The molecule has 1 heterocycles. The van der Waals surface area contributed by atoms with Crippen LogP contribution in [-0.2, 0) is 0 Å². The van der Waals surface area contributed by atoms with E-state index in [4.69, 9.17) is 11.6 Å². The minimum Gasteiger partial charge on any atom is -0.306 e. The van der Waals surface area contributed by atoms with Gasteiger partial charge in [-0.05, 0) is 51.1 Å². The van der Waals surface area contributed by atoms with Crippen LogP contribution >= 0.6 is 54.8 Å². The summed E-state index contributed by atoms with van der Waals surface area (Å²) in [6, 6.07) is 6.08. The first-order valence-corrected chi connectivity index (χ1v) is 8.44. The molecule has 0 bridgehead atoms. The first-order valence-electron chi connectivity index (χ1n) is 5.53. The highest BCUT2D eigenvalue weighted by atomic mass is 79.9. The number of rotatable bonds is 4. The zero-order valence-corrected chi connectivity index (χ0v) is 14.5. The van der Waals surface area contributed by atoms with Crippen LogP contribution in [0.3, 0.4) is 0 Å². The van der Waals surface area contributed by atoms with Crippen LogP contribution < -0.4 is 5.32 Å². The van der Waals surface area contributed by atoms with E-state index in [0.717, 1.165) is 20.5 Å². The van der Waals surface area contributed by atoms with Gasteiger partial charge >= 0.3 is 0 Å². The summed E-state index contributed by atoms with van der Waals surface area (Å²) >= 11 is 14.9. The van der Waals surface area contributed by atoms with Crippen molar-refractivity contribution in [3.05, 3.63) is 54.1 Å². The van der Waals surface area contributed by atoms with Crippen LogP contribution in [0.1, 0.15) is 24.1 Å². The van der Waals surface area contributed by atoms with Gasteiger partial charge in [-0.3, -0.25) is 0 Å². The summed E-state index contributed by atoms with van der Waals surface area (Å²) in [5.74, 6) is 0. The van der Waals surface area contributed by atoms with Crippen LogP contribution in [0.4, 0.5) is 0 Å². The molecule has 1 aromatic carbocycles. The Bertz CT molecular complexity index is 542. The lowest BCUT2D eigenvalue weighted by molar-refractivity contribution is 0.628. The third kappa shape index (κ3) is 3.17. The Kier molecular flexibility index (Phi) is 5.27. The van der Waals surface area contributed by atoms with E-state index >= 15 is 0 Å². The highest BCUT2D eigenvalue weighted by Gasteiger charge is 2.19. The van der Waals surface area contributed by atoms with Gasteiger partial charge in [0.2, 0.25) is 0 Å². The van der Waals surface area contributed by atoms with Gasteiger partial charge in [-0.2, -0.15) is 11.3 Å². The van der Waals surface area contributed by atoms with Crippen LogP contribution in [0.2, 0.25) is 5.02 Å². The van der Waals surface area contributed by atoms with E-state index in [2.05, 4.69) is 60.9 Å². The Morgan fingerprint density at radius 3 is 2.56 bits per heavy atom. The van der Waals surface area contributed by atoms with Gasteiger partial charge in [-0.15, -0.1) is 0 Å². The number of halogens is 3. The Morgan fingerprint density at radius 2 is 2.00 bits per heavy atom. The SMILES string of the molecule is CCNC(c1ccc(Cl)cc1Br)c1cscc1Br. The summed E-state index contributed by atoms with van der Waals surface area (Å²) in [6.07, 6.45) is 0. The van der Waals surface area contributed by atoms with E-state index in [9.17, 15) is 0 Å². The number of hydrogen-bond acceptors (Lipinski definition) is 2. The molecule has 0 aliphatic heterocycles. The smallest absolute Gasteiger partial charge is 0.0607 e. The molecule has 1 atom stereocenters. The topological polar surface area (TPSA) is 12.0 Å². The molecule has 0 aliphatic carbocycles. The van der Waals surface area contributed by atoms with Crippen molar-refractivity contribution >= 4 is 54.8 Å². The maximum atomic E-state index is 6.00. The molecule has 0 saturated heterocycles. The summed E-state index contributed by atoms with van der Waals surface area (Å²) in [7, 11) is 0. The van der Waals surface area contributed by atoms with Crippen molar-refractivity contribution in [2.75, 3.05) is 6.54 Å². The molecule has 0 amide bonds. The minimum atomic E-state index is 0.169. The van der Waals surface area contributed by atoms with Gasteiger partial charge in [0.1, 0.15) is 0 Å². The molecule has 1 nitrogen and oxygen atoms in total. The lowest BCUT2D eigenvalue weighted by Crippen LogP contribution is -2.22. The number of nitrogens with one attached hydrogen (secondary N) is 1. The van der Waals surface area contributed by atoms with Crippen molar-refractivity contribution in [2.45, 2.75) is 13.0 Å². The zero-order valence-electron chi connectivity index (χ0n) is 9.71. The van der Waals surface area contributed by atoms with Crippen molar-refractivity contribution < 1.29 is 0 Å². The van der Waals surface area contributed by atoms with Gasteiger partial charge in [0.25, 0.3) is 0 Å². The summed E-state index contributed by atoms with van der Waals surface area (Å²) in [5.41, 5.74) is 2.45. The van der Waals surface area contributed by atoms with Gasteiger partial charge in [0.15, 0.2) is 0 Å². The second kappa shape index (κ2) is 6.53. The van der Waals surface area contributed by atoms with Crippen molar-refractivity contribution in [3.63, 3.8) is 0 Å². The largest absolute Gasteiger partial charge is 0.306 e. The van der Waals surface area contributed by atoms with E-state index in [0.29, 0.717) is 0 Å². The van der Waals surface area contributed by atoms with Crippen molar-refractivity contribution in [1.82, 2.24) is 5.32 Å². The maximum absolute atomic E-state index is 6.00. The zero-order chi connectivity index (χ0) is 13.1. The lowest BCUT2D eigenvalue weighted by Gasteiger charge is -2.20. The highest BCUT2D eigenvalue weighted by molar-refractivity contribution is 9.10. The van der Waals surface area contributed by atoms with Gasteiger partial charge in [0.05, 0.1) is 6.04 Å². The van der Waals surface area contributed by atoms with Crippen LogP contribution in [-0.4, -0.2) is 6.54 Å². The molecule has 0 saturated carbocycles. The highest BCUT2D eigenvalue weighted by Crippen LogP contribution is 2.35. The molecule has 5 heteroatoms. The molecule has 1 aromatic heterocycles. The van der Waals surface area contributed by atoms with Crippen molar-refractivity contribution in [2.24, 2.45) is 0 Å². The van der Waals surface area contributed by atoms with E-state index < -0.39 is 0 Å². The Balaban J connectivity index is 2.45. The van der Waals surface area contributed by atoms with Gasteiger partial charge in [-0.1, -0.05) is 40.5 Å². The first kappa shape index (κ1) is 14.5. The number of hydrogen-bond donors (Lipinski definition) is 1. The van der Waals surface area contributed by atoms with E-state index in [1.54, 1.807) is 11.3 Å². The van der Waals surface area contributed by atoms with Gasteiger partial charge < -0.3 is 5.32 Å². The second-order valence-electron chi connectivity index (χ2n) is 3.83. The summed E-state index contributed by atoms with van der Waals surface area (Å²) in [6.45, 7) is 3.01. The van der Waals surface area contributed by atoms with Gasteiger partial charge in [0, 0.05) is 19.3 Å². The van der Waals surface area contributed by atoms with E-state index in [1.807, 2.05) is 12.1 Å². The Hall–Kier alpha value is 0.130. The number of thiophene rings is 1. The molecule has 1 unspecified atom stereocenters. The average Bonchev–Trinajstić information content (AvgIpc) is 2.73. The average molecular weight is 410 g/mol. The van der Waals surface area contributed by atoms with E-state index in [1.165, 1.54) is 11.1 Å². The fourth-order valence-electron chi connectivity index (χ4n) is 1.82. The molecule has 2 rings (SSSR count). The van der Waals surface area contributed by atoms with E-state index in [-0.39, 0.29) is 6.04 Å². The van der Waals surface area contributed by atoms with Gasteiger partial charge in [-0.25, -0.2) is 0 Å². The quantitative estimate of drug-likeness (QED) is 0.690. The molecule has 2 aromatic rings. The monoisotopic (exact) mass is 407 g/mol. The molecule has 0 aliphatic rings. The molecular formula is C13H12Br2ClNS. The lowest BCUT2D eigenvalue weighted by atomic mass is 10.0. The van der Waals surface area contributed by atoms with Crippen molar-refractivity contribution in [3.8, 4) is 0 Å². The summed E-state index contributed by atoms with van der Waals surface area (Å²) < 4.78 is 2.17. The Morgan fingerprint density at radius 1 is 1.22 bits per heavy atom. The molecule has 0 spiro atoms. The third-order valence-electron chi connectivity index (χ3n) is 2.64. The van der Waals surface area contributed by atoms with Crippen LogP contribution in [0.5, 0.6) is 0 Å². The first-order chi connectivity index (χ1) is 8.63. The predicted molar refractivity (Wildman–Crippen MR) is 86.7 cm³/mol. The third-order valence-corrected chi connectivity index (χ3v) is 5.31. The maximum Gasteiger partial charge on any atom is 0.0607 e. The Labute approximate surface area is 133 Å². The summed E-state index contributed by atoms with van der Waals surface area (Å²) in [5, 5.41) is 8.51. The standard InChI is InChI=1S/C13H12Br2ClNS/c1-2-17-13(10-6-18-7-12(10)15)9-4-3-8(16)5-11(9)14/h3-7,13,17H,2H2,1H3. The normalized spacial score (nSPS) is 12.7. The molecule has 0 radical (unpaired) electrons. The second-order valence-corrected chi connectivity index (χ2v) is 6.72. The predicted octanol–water partition coefficient (Wildman–Crippen LogP) is 5.63. The summed E-state index contributed by atoms with van der Waals surface area (Å²) in [4.78, 5) is 0. The fourth-order valence-corrected chi connectivity index (χ4v) is 4.29. The molecule has 1 N–H and O–H groups in total. The number of benzene rings is 1. The minimum absolute atomic E-state index is 0.169.